The molecule has 1 saturated carbocycles. The van der Waals surface area contributed by atoms with E-state index in [0.717, 1.165) is 16.8 Å². The van der Waals surface area contributed by atoms with Gasteiger partial charge < -0.3 is 11.1 Å². The molecule has 1 fully saturated rings. The Labute approximate surface area is 220 Å². The number of nitrogens with zero attached hydrogens (tertiary/aromatic N) is 3. The van der Waals surface area contributed by atoms with Crippen molar-refractivity contribution < 1.29 is 35.9 Å². The standard InChI is InChI=1S/C25H19F6N5O2S/c26-24(27,28)16-10-14(12-4-2-1-3-5-12)19-20(21(22(32)38)39-23(19)33-16)34-18(37)8-9-36-15(13-6-7-13)11-17(35-36)25(29,30)31/h1-5,10-11,13H,6-9H2,(H2,32,38)(H,34,37). The summed E-state index contributed by atoms with van der Waals surface area (Å²) >= 11 is 0.605. The Hall–Kier alpha value is -3.94. The second-order valence-electron chi connectivity index (χ2n) is 9.02. The highest BCUT2D eigenvalue weighted by atomic mass is 32.1. The molecule has 1 aliphatic carbocycles. The molecule has 2 amide bonds. The molecule has 3 heterocycles. The molecule has 0 radical (unpaired) electrons. The number of rotatable bonds is 7. The average molecular weight is 568 g/mol. The third kappa shape index (κ3) is 5.46. The SMILES string of the molecule is NC(=O)c1sc2nc(C(F)(F)F)cc(-c3ccccc3)c2c1NC(=O)CCn1nc(C(F)(F)F)cc1C1CC1. The molecule has 39 heavy (non-hydrogen) atoms. The van der Waals surface area contributed by atoms with Crippen LogP contribution in [0, 0.1) is 0 Å². The van der Waals surface area contributed by atoms with Gasteiger partial charge in [-0.25, -0.2) is 4.98 Å². The zero-order valence-corrected chi connectivity index (χ0v) is 20.7. The third-order valence-electron chi connectivity index (χ3n) is 6.17. The van der Waals surface area contributed by atoms with Crippen molar-refractivity contribution in [3.05, 3.63) is 64.4 Å². The van der Waals surface area contributed by atoms with Crippen molar-refractivity contribution in [1.82, 2.24) is 14.8 Å². The molecule has 3 N–H and O–H groups in total. The van der Waals surface area contributed by atoms with Gasteiger partial charge in [0.2, 0.25) is 5.91 Å². The number of hydrogen-bond donors (Lipinski definition) is 2. The van der Waals surface area contributed by atoms with Crippen molar-refractivity contribution in [3.63, 3.8) is 0 Å². The van der Waals surface area contributed by atoms with E-state index >= 15 is 0 Å². The van der Waals surface area contributed by atoms with Crippen molar-refractivity contribution in [2.75, 3.05) is 5.32 Å². The van der Waals surface area contributed by atoms with Crippen LogP contribution in [0.5, 0.6) is 0 Å². The number of pyridine rings is 1. The molecule has 0 bridgehead atoms. The van der Waals surface area contributed by atoms with Gasteiger partial charge in [-0.3, -0.25) is 14.3 Å². The van der Waals surface area contributed by atoms with Crippen LogP contribution in [0.25, 0.3) is 21.3 Å². The van der Waals surface area contributed by atoms with Gasteiger partial charge in [-0.1, -0.05) is 30.3 Å². The number of nitrogens with two attached hydrogens (primary N) is 1. The fourth-order valence-electron chi connectivity index (χ4n) is 4.25. The minimum absolute atomic E-state index is 0.0683. The van der Waals surface area contributed by atoms with Crippen molar-refractivity contribution in [2.24, 2.45) is 5.73 Å². The molecule has 1 aliphatic rings. The molecule has 7 nitrogen and oxygen atoms in total. The lowest BCUT2D eigenvalue weighted by Crippen LogP contribution is -2.19. The van der Waals surface area contributed by atoms with Crippen LogP contribution in [-0.2, 0) is 23.7 Å². The Morgan fingerprint density at radius 3 is 2.28 bits per heavy atom. The average Bonchev–Trinajstić information content (AvgIpc) is 3.50. The molecular formula is C25H19F6N5O2S. The van der Waals surface area contributed by atoms with Gasteiger partial charge in [0, 0.05) is 30.0 Å². The molecular weight excluding hydrogens is 548 g/mol. The fourth-order valence-corrected chi connectivity index (χ4v) is 5.25. The molecule has 0 saturated heterocycles. The van der Waals surface area contributed by atoms with Gasteiger partial charge in [-0.05, 0) is 36.1 Å². The topological polar surface area (TPSA) is 103 Å². The van der Waals surface area contributed by atoms with Crippen LogP contribution in [0.3, 0.4) is 0 Å². The number of carbonyl (C=O) groups is 2. The summed E-state index contributed by atoms with van der Waals surface area (Å²) in [6.07, 6.45) is -8.31. The van der Waals surface area contributed by atoms with E-state index in [1.165, 1.54) is 0 Å². The smallest absolute Gasteiger partial charge is 0.365 e. The van der Waals surface area contributed by atoms with Crippen LogP contribution < -0.4 is 11.1 Å². The molecule has 4 aromatic rings. The van der Waals surface area contributed by atoms with E-state index in [9.17, 15) is 35.9 Å². The van der Waals surface area contributed by atoms with Crippen LogP contribution in [-0.4, -0.2) is 26.6 Å². The maximum Gasteiger partial charge on any atom is 0.435 e. The number of benzene rings is 1. The molecule has 3 aromatic heterocycles. The molecule has 14 heteroatoms. The number of hydrogen-bond acceptors (Lipinski definition) is 5. The zero-order chi connectivity index (χ0) is 28.1. The first-order valence-electron chi connectivity index (χ1n) is 11.7. The Bertz CT molecular complexity index is 1570. The Morgan fingerprint density at radius 1 is 1.03 bits per heavy atom. The number of carbonyl (C=O) groups excluding carboxylic acids is 2. The summed E-state index contributed by atoms with van der Waals surface area (Å²) in [6.45, 7) is -0.177. The highest BCUT2D eigenvalue weighted by Crippen LogP contribution is 2.44. The van der Waals surface area contributed by atoms with Gasteiger partial charge in [0.05, 0.1) is 5.69 Å². The second kappa shape index (κ2) is 9.67. The maximum atomic E-state index is 13.6. The van der Waals surface area contributed by atoms with Gasteiger partial charge in [0.25, 0.3) is 5.91 Å². The molecule has 0 atom stereocenters. The molecule has 204 valence electrons. The summed E-state index contributed by atoms with van der Waals surface area (Å²) < 4.78 is 81.6. The maximum absolute atomic E-state index is 13.6. The quantitative estimate of drug-likeness (QED) is 0.260. The van der Waals surface area contributed by atoms with Crippen LogP contribution >= 0.6 is 11.3 Å². The van der Waals surface area contributed by atoms with Gasteiger partial charge in [0.15, 0.2) is 5.69 Å². The molecule has 5 rings (SSSR count). The number of alkyl halides is 6. The van der Waals surface area contributed by atoms with Gasteiger partial charge in [0.1, 0.15) is 15.4 Å². The van der Waals surface area contributed by atoms with E-state index in [1.54, 1.807) is 30.3 Å². The van der Waals surface area contributed by atoms with E-state index in [1.807, 2.05) is 0 Å². The lowest BCUT2D eigenvalue weighted by atomic mass is 10.0. The Kier molecular flexibility index (Phi) is 6.61. The van der Waals surface area contributed by atoms with E-state index in [2.05, 4.69) is 15.4 Å². The number of amides is 2. The van der Waals surface area contributed by atoms with Crippen molar-refractivity contribution in [3.8, 4) is 11.1 Å². The summed E-state index contributed by atoms with van der Waals surface area (Å²) in [5.74, 6) is -1.75. The molecule has 1 aromatic carbocycles. The highest BCUT2D eigenvalue weighted by molar-refractivity contribution is 7.21. The molecule has 0 spiro atoms. The van der Waals surface area contributed by atoms with Crippen molar-refractivity contribution >= 4 is 39.1 Å². The summed E-state index contributed by atoms with van der Waals surface area (Å²) in [5.41, 5.74) is 3.98. The number of anilines is 1. The van der Waals surface area contributed by atoms with Gasteiger partial charge in [-0.2, -0.15) is 31.4 Å². The van der Waals surface area contributed by atoms with Crippen LogP contribution in [0.1, 0.15) is 51.9 Å². The summed E-state index contributed by atoms with van der Waals surface area (Å²) in [4.78, 5) is 28.5. The largest absolute Gasteiger partial charge is 0.435 e. The van der Waals surface area contributed by atoms with Gasteiger partial charge in [-0.15, -0.1) is 11.3 Å². The van der Waals surface area contributed by atoms with Crippen molar-refractivity contribution in [2.45, 2.75) is 44.1 Å². The van der Waals surface area contributed by atoms with E-state index in [0.29, 0.717) is 35.4 Å². The van der Waals surface area contributed by atoms with Crippen LogP contribution in [0.15, 0.2) is 42.5 Å². The van der Waals surface area contributed by atoms with Gasteiger partial charge >= 0.3 is 12.4 Å². The zero-order valence-electron chi connectivity index (χ0n) is 19.9. The number of fused-ring (bicyclic) bond motifs is 1. The minimum atomic E-state index is -4.78. The minimum Gasteiger partial charge on any atom is -0.365 e. The lowest BCUT2D eigenvalue weighted by molar-refractivity contribution is -0.142. The Morgan fingerprint density at radius 2 is 1.69 bits per heavy atom. The number of halogens is 6. The lowest BCUT2D eigenvalue weighted by Gasteiger charge is -2.13. The van der Waals surface area contributed by atoms with E-state index in [4.69, 9.17) is 5.73 Å². The van der Waals surface area contributed by atoms with Crippen molar-refractivity contribution in [1.29, 1.82) is 0 Å². The fraction of sp³-hybridized carbons (Fsp3) is 0.280. The normalized spacial score (nSPS) is 14.1. The number of primary amides is 1. The van der Waals surface area contributed by atoms with Crippen LogP contribution in [0.2, 0.25) is 0 Å². The summed E-state index contributed by atoms with van der Waals surface area (Å²) in [7, 11) is 0. The van der Waals surface area contributed by atoms with Crippen LogP contribution in [0.4, 0.5) is 32.0 Å². The van der Waals surface area contributed by atoms with E-state index < -0.39 is 35.6 Å². The molecule has 0 aliphatic heterocycles. The summed E-state index contributed by atoms with van der Waals surface area (Å²) in [5, 5.41) is 6.25. The predicted molar refractivity (Wildman–Crippen MR) is 131 cm³/mol. The highest BCUT2D eigenvalue weighted by Gasteiger charge is 2.38. The number of aromatic nitrogens is 3. The number of aryl methyl sites for hydroxylation is 1. The first-order chi connectivity index (χ1) is 18.3. The predicted octanol–water partition coefficient (Wildman–Crippen LogP) is 6.20. The first-order valence-corrected chi connectivity index (χ1v) is 12.5. The monoisotopic (exact) mass is 567 g/mol. The number of nitrogens with one attached hydrogen (secondary N) is 1. The molecule has 0 unspecified atom stereocenters. The second-order valence-corrected chi connectivity index (χ2v) is 10.0. The summed E-state index contributed by atoms with van der Waals surface area (Å²) in [6, 6.07) is 9.84. The Balaban J connectivity index is 1.51. The first kappa shape index (κ1) is 26.7. The third-order valence-corrected chi connectivity index (χ3v) is 7.27. The number of thiophene rings is 1. The van der Waals surface area contributed by atoms with E-state index in [-0.39, 0.29) is 45.2 Å².